The fourth-order valence-corrected chi connectivity index (χ4v) is 2.82. The Bertz CT molecular complexity index is 561. The second-order valence-electron chi connectivity index (χ2n) is 6.68. The van der Waals surface area contributed by atoms with Crippen LogP contribution in [0, 0.1) is 6.92 Å². The van der Waals surface area contributed by atoms with Crippen molar-refractivity contribution in [1.29, 1.82) is 0 Å². The van der Waals surface area contributed by atoms with Crippen LogP contribution in [0.4, 0.5) is 0 Å². The maximum Gasteiger partial charge on any atom is 0.257 e. The van der Waals surface area contributed by atoms with Crippen molar-refractivity contribution in [2.45, 2.75) is 58.8 Å². The summed E-state index contributed by atoms with van der Waals surface area (Å²) in [6, 6.07) is 6.21. The lowest BCUT2D eigenvalue weighted by Crippen LogP contribution is -2.30. The summed E-state index contributed by atoms with van der Waals surface area (Å²) in [5, 5.41) is 2.95. The lowest BCUT2D eigenvalue weighted by atomic mass is 9.97. The van der Waals surface area contributed by atoms with Crippen molar-refractivity contribution >= 4 is 5.91 Å². The van der Waals surface area contributed by atoms with Gasteiger partial charge in [0, 0.05) is 6.54 Å². The van der Waals surface area contributed by atoms with Gasteiger partial charge in [0.05, 0.1) is 0 Å². The molecule has 0 atom stereocenters. The van der Waals surface area contributed by atoms with E-state index in [0.29, 0.717) is 12.5 Å². The number of aryl methyl sites for hydroxylation is 1. The molecule has 0 fully saturated rings. The third-order valence-corrected chi connectivity index (χ3v) is 4.39. The normalized spacial score (nSPS) is 14.5. The molecule has 0 radical (unpaired) electrons. The number of ether oxygens (including phenoxy) is 1. The standard InChI is InChI=1S/C20H29NO2/c1-15(2)18-10-9-16(3)19(13-18)23-14-20(22)21-12-11-17-7-5-4-6-8-17/h7,9-10,13,15H,4-6,8,11-12,14H2,1-3H3,(H,21,22). The van der Waals surface area contributed by atoms with Gasteiger partial charge in [-0.1, -0.05) is 37.6 Å². The lowest BCUT2D eigenvalue weighted by molar-refractivity contribution is -0.123. The number of nitrogens with one attached hydrogen (secondary N) is 1. The fraction of sp³-hybridized carbons (Fsp3) is 0.550. The van der Waals surface area contributed by atoms with Gasteiger partial charge in [0.1, 0.15) is 5.75 Å². The van der Waals surface area contributed by atoms with Crippen molar-refractivity contribution in [3.63, 3.8) is 0 Å². The van der Waals surface area contributed by atoms with Gasteiger partial charge in [-0.2, -0.15) is 0 Å². The quantitative estimate of drug-likeness (QED) is 0.752. The van der Waals surface area contributed by atoms with Crippen molar-refractivity contribution in [2.24, 2.45) is 0 Å². The highest BCUT2D eigenvalue weighted by Crippen LogP contribution is 2.24. The van der Waals surface area contributed by atoms with Crippen molar-refractivity contribution in [2.75, 3.05) is 13.2 Å². The Hall–Kier alpha value is -1.77. The average molecular weight is 315 g/mol. The largest absolute Gasteiger partial charge is 0.483 e. The van der Waals surface area contributed by atoms with Gasteiger partial charge in [-0.15, -0.1) is 0 Å². The Labute approximate surface area is 140 Å². The lowest BCUT2D eigenvalue weighted by Gasteiger charge is -2.14. The number of hydrogen-bond acceptors (Lipinski definition) is 2. The molecule has 0 spiro atoms. The smallest absolute Gasteiger partial charge is 0.257 e. The molecule has 3 heteroatoms. The number of amides is 1. The van der Waals surface area contributed by atoms with Gasteiger partial charge in [-0.3, -0.25) is 4.79 Å². The van der Waals surface area contributed by atoms with E-state index in [0.717, 1.165) is 17.7 Å². The van der Waals surface area contributed by atoms with Crippen LogP contribution < -0.4 is 10.1 Å². The first-order valence-corrected chi connectivity index (χ1v) is 8.74. The SMILES string of the molecule is Cc1ccc(C(C)C)cc1OCC(=O)NCCC1=CCCCC1. The van der Waals surface area contributed by atoms with E-state index in [1.54, 1.807) is 0 Å². The van der Waals surface area contributed by atoms with E-state index in [1.165, 1.54) is 36.8 Å². The van der Waals surface area contributed by atoms with E-state index in [-0.39, 0.29) is 12.5 Å². The van der Waals surface area contributed by atoms with Crippen molar-refractivity contribution in [3.05, 3.63) is 41.0 Å². The van der Waals surface area contributed by atoms with Crippen LogP contribution in [0.25, 0.3) is 0 Å². The van der Waals surface area contributed by atoms with Crippen molar-refractivity contribution in [3.8, 4) is 5.75 Å². The summed E-state index contributed by atoms with van der Waals surface area (Å²) in [7, 11) is 0. The Morgan fingerprint density at radius 3 is 2.83 bits per heavy atom. The van der Waals surface area contributed by atoms with Gasteiger partial charge in [0.25, 0.3) is 5.91 Å². The monoisotopic (exact) mass is 315 g/mol. The molecule has 0 bridgehead atoms. The van der Waals surface area contributed by atoms with Gasteiger partial charge >= 0.3 is 0 Å². The Morgan fingerprint density at radius 1 is 1.30 bits per heavy atom. The molecule has 3 nitrogen and oxygen atoms in total. The summed E-state index contributed by atoms with van der Waals surface area (Å²) in [4.78, 5) is 11.9. The molecule has 126 valence electrons. The van der Waals surface area contributed by atoms with E-state index in [9.17, 15) is 4.79 Å². The van der Waals surface area contributed by atoms with E-state index in [2.05, 4.69) is 37.4 Å². The minimum Gasteiger partial charge on any atom is -0.483 e. The molecular formula is C20H29NO2. The van der Waals surface area contributed by atoms with Crippen molar-refractivity contribution in [1.82, 2.24) is 5.32 Å². The summed E-state index contributed by atoms with van der Waals surface area (Å²) < 4.78 is 5.71. The average Bonchev–Trinajstić information content (AvgIpc) is 2.55. The molecular weight excluding hydrogens is 286 g/mol. The highest BCUT2D eigenvalue weighted by atomic mass is 16.5. The molecule has 1 amide bonds. The molecule has 1 aromatic carbocycles. The molecule has 0 aromatic heterocycles. The molecule has 0 unspecified atom stereocenters. The molecule has 0 saturated heterocycles. The Kier molecular flexibility index (Phi) is 6.69. The maximum absolute atomic E-state index is 11.9. The molecule has 1 aromatic rings. The molecule has 23 heavy (non-hydrogen) atoms. The van der Waals surface area contributed by atoms with E-state index < -0.39 is 0 Å². The van der Waals surface area contributed by atoms with Crippen LogP contribution in [0.5, 0.6) is 5.75 Å². The van der Waals surface area contributed by atoms with Gasteiger partial charge < -0.3 is 10.1 Å². The second-order valence-corrected chi connectivity index (χ2v) is 6.68. The summed E-state index contributed by atoms with van der Waals surface area (Å²) >= 11 is 0. The number of rotatable bonds is 7. The number of carbonyl (C=O) groups excluding carboxylic acids is 1. The Balaban J connectivity index is 1.75. The molecule has 0 aliphatic heterocycles. The van der Waals surface area contributed by atoms with Crippen molar-refractivity contribution < 1.29 is 9.53 Å². The third kappa shape index (κ3) is 5.74. The van der Waals surface area contributed by atoms with Gasteiger partial charge in [0.2, 0.25) is 0 Å². The minimum absolute atomic E-state index is 0.0456. The fourth-order valence-electron chi connectivity index (χ4n) is 2.82. The first kappa shape index (κ1) is 17.6. The van der Waals surface area contributed by atoms with Crippen LogP contribution in [-0.4, -0.2) is 19.1 Å². The number of benzene rings is 1. The zero-order valence-electron chi connectivity index (χ0n) is 14.7. The Morgan fingerprint density at radius 2 is 2.13 bits per heavy atom. The number of carbonyl (C=O) groups is 1. The zero-order chi connectivity index (χ0) is 16.7. The topological polar surface area (TPSA) is 38.3 Å². The summed E-state index contributed by atoms with van der Waals surface area (Å²) in [5.41, 5.74) is 3.78. The predicted octanol–water partition coefficient (Wildman–Crippen LogP) is 4.50. The van der Waals surface area contributed by atoms with Gasteiger partial charge in [-0.05, 0) is 62.1 Å². The van der Waals surface area contributed by atoms with Gasteiger partial charge in [-0.25, -0.2) is 0 Å². The summed E-state index contributed by atoms with van der Waals surface area (Å²) in [6.07, 6.45) is 8.26. The van der Waals surface area contributed by atoms with E-state index in [4.69, 9.17) is 4.74 Å². The third-order valence-electron chi connectivity index (χ3n) is 4.39. The first-order chi connectivity index (χ1) is 11.1. The van der Waals surface area contributed by atoms with Crippen LogP contribution in [0.15, 0.2) is 29.8 Å². The zero-order valence-corrected chi connectivity index (χ0v) is 14.7. The van der Waals surface area contributed by atoms with Crippen LogP contribution >= 0.6 is 0 Å². The highest BCUT2D eigenvalue weighted by Gasteiger charge is 2.08. The highest BCUT2D eigenvalue weighted by molar-refractivity contribution is 5.77. The second kappa shape index (κ2) is 8.76. The molecule has 0 heterocycles. The molecule has 0 saturated carbocycles. The van der Waals surface area contributed by atoms with E-state index in [1.807, 2.05) is 13.0 Å². The maximum atomic E-state index is 11.9. The van der Waals surface area contributed by atoms with Crippen LogP contribution in [-0.2, 0) is 4.79 Å². The minimum atomic E-state index is -0.0456. The molecule has 1 aliphatic rings. The van der Waals surface area contributed by atoms with Gasteiger partial charge in [0.15, 0.2) is 6.61 Å². The summed E-state index contributed by atoms with van der Waals surface area (Å²) in [5.74, 6) is 1.22. The summed E-state index contributed by atoms with van der Waals surface area (Å²) in [6.45, 7) is 7.11. The first-order valence-electron chi connectivity index (χ1n) is 8.74. The van der Waals surface area contributed by atoms with Crippen LogP contribution in [0.3, 0.4) is 0 Å². The molecule has 2 rings (SSSR count). The van der Waals surface area contributed by atoms with Crippen LogP contribution in [0.2, 0.25) is 0 Å². The molecule has 1 aliphatic carbocycles. The molecule has 1 N–H and O–H groups in total. The number of hydrogen-bond donors (Lipinski definition) is 1. The van der Waals surface area contributed by atoms with E-state index >= 15 is 0 Å². The van der Waals surface area contributed by atoms with Crippen LogP contribution in [0.1, 0.15) is 63.0 Å². The number of allylic oxidation sites excluding steroid dienone is 1. The predicted molar refractivity (Wildman–Crippen MR) is 94.9 cm³/mol.